The second kappa shape index (κ2) is 7.66. The lowest BCUT2D eigenvalue weighted by Gasteiger charge is -2.09. The van der Waals surface area contributed by atoms with Crippen molar-refractivity contribution < 1.29 is 22.7 Å². The smallest absolute Gasteiger partial charge is 0.264 e. The number of nitrogens with one attached hydrogen (secondary N) is 2. The Morgan fingerprint density at radius 1 is 1.08 bits per heavy atom. The number of rotatable bonds is 5. The summed E-state index contributed by atoms with van der Waals surface area (Å²) in [4.78, 5) is 23.1. The molecule has 0 aromatic heterocycles. The van der Waals surface area contributed by atoms with Crippen LogP contribution >= 0.6 is 15.9 Å². The molecule has 2 amide bonds. The van der Waals surface area contributed by atoms with Crippen molar-refractivity contribution in [3.8, 4) is 5.75 Å². The van der Waals surface area contributed by atoms with E-state index in [1.54, 1.807) is 18.2 Å². The van der Waals surface area contributed by atoms with Gasteiger partial charge in [0, 0.05) is 18.2 Å². The molecule has 7 nitrogen and oxygen atoms in total. The maximum absolute atomic E-state index is 12.2. The number of carbonyl (C=O) groups excluding carboxylic acids is 2. The van der Waals surface area contributed by atoms with Gasteiger partial charge in [-0.1, -0.05) is 0 Å². The fraction of sp³-hybridized carbons (Fsp3) is 0.125. The van der Waals surface area contributed by atoms with Gasteiger partial charge in [0.05, 0.1) is 16.5 Å². The van der Waals surface area contributed by atoms with Gasteiger partial charge in [-0.25, -0.2) is 13.1 Å². The molecular formula is C16H15BrN2O5S. The molecule has 2 aromatic rings. The third kappa shape index (κ3) is 4.80. The molecule has 0 aliphatic carbocycles. The van der Waals surface area contributed by atoms with Gasteiger partial charge >= 0.3 is 0 Å². The van der Waals surface area contributed by atoms with E-state index in [9.17, 15) is 18.0 Å². The molecule has 0 spiro atoms. The molecule has 25 heavy (non-hydrogen) atoms. The summed E-state index contributed by atoms with van der Waals surface area (Å²) in [5, 5.41) is 2.66. The molecule has 0 fully saturated rings. The first kappa shape index (κ1) is 18.9. The summed E-state index contributed by atoms with van der Waals surface area (Å²) >= 11 is 3.31. The Bertz CT molecular complexity index is 911. The lowest BCUT2D eigenvalue weighted by molar-refractivity contribution is -0.117. The van der Waals surface area contributed by atoms with E-state index >= 15 is 0 Å². The molecule has 0 aliphatic heterocycles. The highest BCUT2D eigenvalue weighted by Crippen LogP contribution is 2.26. The van der Waals surface area contributed by atoms with Gasteiger partial charge in [0.1, 0.15) is 5.75 Å². The molecule has 2 aromatic carbocycles. The van der Waals surface area contributed by atoms with Crippen LogP contribution in [0.15, 0.2) is 51.8 Å². The minimum absolute atomic E-state index is 0.0760. The number of methoxy groups -OCH3 is 1. The van der Waals surface area contributed by atoms with E-state index in [1.807, 2.05) is 4.72 Å². The second-order valence-electron chi connectivity index (χ2n) is 4.99. The molecule has 0 atom stereocenters. The van der Waals surface area contributed by atoms with Crippen molar-refractivity contribution in [2.45, 2.75) is 11.8 Å². The van der Waals surface area contributed by atoms with Crippen molar-refractivity contribution >= 4 is 43.5 Å². The first-order valence-electron chi connectivity index (χ1n) is 7.01. The van der Waals surface area contributed by atoms with Crippen LogP contribution in [-0.4, -0.2) is 27.3 Å². The largest absolute Gasteiger partial charge is 0.496 e. The number of benzene rings is 2. The Morgan fingerprint density at radius 2 is 1.72 bits per heavy atom. The summed E-state index contributed by atoms with van der Waals surface area (Å²) in [6.07, 6.45) is 0. The Hall–Kier alpha value is -2.39. The number of amides is 2. The zero-order chi connectivity index (χ0) is 18.6. The molecule has 9 heteroatoms. The van der Waals surface area contributed by atoms with E-state index in [2.05, 4.69) is 21.2 Å². The highest BCUT2D eigenvalue weighted by molar-refractivity contribution is 9.10. The minimum Gasteiger partial charge on any atom is -0.496 e. The Balaban J connectivity index is 2.14. The number of hydrogen-bond donors (Lipinski definition) is 2. The molecule has 0 unspecified atom stereocenters. The van der Waals surface area contributed by atoms with Crippen molar-refractivity contribution in [3.63, 3.8) is 0 Å². The van der Waals surface area contributed by atoms with Gasteiger partial charge < -0.3 is 10.1 Å². The summed E-state index contributed by atoms with van der Waals surface area (Å²) in [6.45, 7) is 1.11. The van der Waals surface area contributed by atoms with Crippen molar-refractivity contribution in [2.24, 2.45) is 0 Å². The van der Waals surface area contributed by atoms with Gasteiger partial charge in [0.15, 0.2) is 0 Å². The van der Waals surface area contributed by atoms with E-state index in [1.165, 1.54) is 31.4 Å². The van der Waals surface area contributed by atoms with Crippen LogP contribution in [0.1, 0.15) is 17.3 Å². The Kier molecular flexibility index (Phi) is 5.81. The predicted octanol–water partition coefficient (Wildman–Crippen LogP) is 2.53. The minimum atomic E-state index is -3.90. The van der Waals surface area contributed by atoms with Crippen molar-refractivity contribution in [1.82, 2.24) is 4.72 Å². The third-order valence-corrected chi connectivity index (χ3v) is 5.18. The van der Waals surface area contributed by atoms with E-state index in [-0.39, 0.29) is 10.8 Å². The Morgan fingerprint density at radius 3 is 2.24 bits per heavy atom. The highest BCUT2D eigenvalue weighted by Gasteiger charge is 2.15. The van der Waals surface area contributed by atoms with Crippen LogP contribution < -0.4 is 14.8 Å². The molecule has 132 valence electrons. The molecule has 2 N–H and O–H groups in total. The molecule has 0 heterocycles. The third-order valence-electron chi connectivity index (χ3n) is 3.11. The van der Waals surface area contributed by atoms with Gasteiger partial charge in [-0.15, -0.1) is 0 Å². The molecular weight excluding hydrogens is 412 g/mol. The molecule has 0 saturated heterocycles. The van der Waals surface area contributed by atoms with Crippen LogP contribution in [0, 0.1) is 0 Å². The van der Waals surface area contributed by atoms with Crippen LogP contribution in [0.4, 0.5) is 5.69 Å². The number of ether oxygens (including phenoxy) is 1. The zero-order valence-electron chi connectivity index (χ0n) is 13.4. The van der Waals surface area contributed by atoms with Gasteiger partial charge in [-0.3, -0.25) is 9.59 Å². The van der Waals surface area contributed by atoms with E-state index < -0.39 is 15.9 Å². The fourth-order valence-electron chi connectivity index (χ4n) is 1.98. The topological polar surface area (TPSA) is 102 Å². The number of anilines is 1. The van der Waals surface area contributed by atoms with Gasteiger partial charge in [0.2, 0.25) is 5.91 Å². The zero-order valence-corrected chi connectivity index (χ0v) is 15.8. The molecule has 0 aliphatic rings. The number of carbonyl (C=O) groups is 2. The summed E-state index contributed by atoms with van der Waals surface area (Å²) in [5.74, 6) is -0.438. The van der Waals surface area contributed by atoms with Gasteiger partial charge in [-0.05, 0) is 58.4 Å². The quantitative estimate of drug-likeness (QED) is 0.764. The number of sulfonamides is 1. The number of halogens is 1. The lowest BCUT2D eigenvalue weighted by atomic mass is 10.2. The van der Waals surface area contributed by atoms with Gasteiger partial charge in [-0.2, -0.15) is 0 Å². The van der Waals surface area contributed by atoms with Crippen LogP contribution in [-0.2, 0) is 14.8 Å². The summed E-state index contributed by atoms with van der Waals surface area (Å²) in [7, 11) is -2.38. The van der Waals surface area contributed by atoms with Crippen molar-refractivity contribution in [1.29, 1.82) is 0 Å². The molecule has 0 bridgehead atoms. The Labute approximate surface area is 153 Å². The summed E-state index contributed by atoms with van der Waals surface area (Å²) < 4.78 is 31.3. The molecule has 0 radical (unpaired) electrons. The summed E-state index contributed by atoms with van der Waals surface area (Å²) in [5.41, 5.74) is 0.821. The first-order chi connectivity index (χ1) is 11.7. The van der Waals surface area contributed by atoms with Crippen LogP contribution in [0.3, 0.4) is 0 Å². The van der Waals surface area contributed by atoms with Crippen molar-refractivity contribution in [3.05, 3.63) is 52.5 Å². The van der Waals surface area contributed by atoms with E-state index in [0.29, 0.717) is 21.5 Å². The van der Waals surface area contributed by atoms with Gasteiger partial charge in [0.25, 0.3) is 15.9 Å². The standard InChI is InChI=1S/C16H15BrN2O5S/c1-10(20)19-25(22,23)13-6-4-12(5-7-13)18-16(21)11-3-8-15(24-2)14(17)9-11/h3-9H,1-2H3,(H,18,21)(H,19,20). The maximum Gasteiger partial charge on any atom is 0.264 e. The fourth-order valence-corrected chi connectivity index (χ4v) is 3.51. The monoisotopic (exact) mass is 426 g/mol. The van der Waals surface area contributed by atoms with Crippen LogP contribution in [0.5, 0.6) is 5.75 Å². The normalized spacial score (nSPS) is 10.8. The van der Waals surface area contributed by atoms with Crippen LogP contribution in [0.2, 0.25) is 0 Å². The second-order valence-corrected chi connectivity index (χ2v) is 7.53. The predicted molar refractivity (Wildman–Crippen MR) is 96.1 cm³/mol. The van der Waals surface area contributed by atoms with Crippen LogP contribution in [0.25, 0.3) is 0 Å². The molecule has 2 rings (SSSR count). The average Bonchev–Trinajstić information content (AvgIpc) is 2.54. The van der Waals surface area contributed by atoms with Crippen molar-refractivity contribution in [2.75, 3.05) is 12.4 Å². The maximum atomic E-state index is 12.2. The molecule has 0 saturated carbocycles. The first-order valence-corrected chi connectivity index (χ1v) is 9.29. The SMILES string of the molecule is COc1ccc(C(=O)Nc2ccc(S(=O)(=O)NC(C)=O)cc2)cc1Br. The van der Waals surface area contributed by atoms with E-state index in [0.717, 1.165) is 6.92 Å². The number of hydrogen-bond acceptors (Lipinski definition) is 5. The summed E-state index contributed by atoms with van der Waals surface area (Å²) in [6, 6.07) is 10.3. The van der Waals surface area contributed by atoms with E-state index in [4.69, 9.17) is 4.74 Å². The average molecular weight is 427 g/mol. The lowest BCUT2D eigenvalue weighted by Crippen LogP contribution is -2.28. The highest BCUT2D eigenvalue weighted by atomic mass is 79.9.